The molecule has 0 aliphatic carbocycles. The maximum Gasteiger partial charge on any atom is 0.227 e. The fourth-order valence-electron chi connectivity index (χ4n) is 3.28. The summed E-state index contributed by atoms with van der Waals surface area (Å²) in [6, 6.07) is 0. The molecule has 0 aliphatic rings. The molecule has 9 heteroatoms. The van der Waals surface area contributed by atoms with Crippen LogP contribution in [0.2, 0.25) is 0 Å². The van der Waals surface area contributed by atoms with Gasteiger partial charge in [-0.3, -0.25) is 4.79 Å². The maximum atomic E-state index is 12.5. The van der Waals surface area contributed by atoms with Gasteiger partial charge in [0.05, 0.1) is 11.5 Å². The van der Waals surface area contributed by atoms with Crippen molar-refractivity contribution < 1.29 is 4.79 Å². The number of rotatable bonds is 8. The van der Waals surface area contributed by atoms with E-state index in [1.54, 1.807) is 12.4 Å². The summed E-state index contributed by atoms with van der Waals surface area (Å²) in [7, 11) is 0. The lowest BCUT2D eigenvalue weighted by Crippen LogP contribution is -2.37. The fourth-order valence-corrected chi connectivity index (χ4v) is 3.28. The summed E-state index contributed by atoms with van der Waals surface area (Å²) in [5.41, 5.74) is 2.24. The molecular formula is C20H28N8O. The summed E-state index contributed by atoms with van der Waals surface area (Å²) in [5.74, 6) is 2.04. The van der Waals surface area contributed by atoms with Gasteiger partial charge < -0.3 is 14.8 Å². The van der Waals surface area contributed by atoms with Gasteiger partial charge in [-0.1, -0.05) is 6.92 Å². The van der Waals surface area contributed by atoms with Crippen molar-refractivity contribution in [3.63, 3.8) is 0 Å². The molecule has 1 N–H and O–H groups in total. The molecule has 0 unspecified atom stereocenters. The number of imidazole rings is 1. The first kappa shape index (κ1) is 20.6. The number of hydrogen-bond acceptors (Lipinski definition) is 7. The van der Waals surface area contributed by atoms with E-state index in [0.717, 1.165) is 17.0 Å². The molecule has 0 aliphatic heterocycles. The van der Waals surface area contributed by atoms with Crippen LogP contribution in [0.1, 0.15) is 33.5 Å². The minimum atomic E-state index is -0.168. The number of aryl methyl sites for hydroxylation is 2. The fraction of sp³-hybridized carbons (Fsp3) is 0.500. The minimum absolute atomic E-state index is 0.129. The highest BCUT2D eigenvalue weighted by atomic mass is 16.2. The van der Waals surface area contributed by atoms with E-state index in [-0.39, 0.29) is 11.8 Å². The molecule has 0 saturated heterocycles. The van der Waals surface area contributed by atoms with Crippen molar-refractivity contribution >= 4 is 22.9 Å². The van der Waals surface area contributed by atoms with Crippen LogP contribution in [0.15, 0.2) is 18.7 Å². The van der Waals surface area contributed by atoms with Crippen molar-refractivity contribution in [2.24, 2.45) is 5.92 Å². The predicted molar refractivity (Wildman–Crippen MR) is 112 cm³/mol. The molecule has 0 aromatic carbocycles. The molecule has 0 spiro atoms. The first-order valence-electron chi connectivity index (χ1n) is 10.0. The maximum absolute atomic E-state index is 12.5. The molecule has 1 amide bonds. The Morgan fingerprint density at radius 2 is 1.83 bits per heavy atom. The number of carbonyl (C=O) groups excluding carboxylic acids is 1. The van der Waals surface area contributed by atoms with E-state index in [2.05, 4.69) is 25.3 Å². The van der Waals surface area contributed by atoms with E-state index < -0.39 is 0 Å². The normalized spacial score (nSPS) is 12.2. The van der Waals surface area contributed by atoms with Crippen LogP contribution >= 0.6 is 0 Å². The molecule has 9 nitrogen and oxygen atoms in total. The van der Waals surface area contributed by atoms with Gasteiger partial charge in [0.1, 0.15) is 18.0 Å². The average molecular weight is 396 g/mol. The number of carbonyl (C=O) groups is 1. The standard InChI is InChI=1S/C20H28N8O/c1-6-27(7-2)20(29)13(4)9-23-17-16-19(25-12-24-17)28(8-3)18(26-16)15-10-21-14(5)22-11-15/h10-13H,6-9H2,1-5H3,(H,23,24,25)/t13-/m1/s1. The van der Waals surface area contributed by atoms with Gasteiger partial charge in [-0.25, -0.2) is 24.9 Å². The molecular weight excluding hydrogens is 368 g/mol. The number of fused-ring (bicyclic) bond motifs is 1. The molecule has 0 bridgehead atoms. The Bertz CT molecular complexity index is 978. The van der Waals surface area contributed by atoms with E-state index in [9.17, 15) is 4.79 Å². The van der Waals surface area contributed by atoms with E-state index in [1.165, 1.54) is 6.33 Å². The van der Waals surface area contributed by atoms with Crippen molar-refractivity contribution in [2.75, 3.05) is 25.0 Å². The lowest BCUT2D eigenvalue weighted by molar-refractivity contribution is -0.134. The molecule has 3 rings (SSSR count). The molecule has 1 atom stereocenters. The van der Waals surface area contributed by atoms with Gasteiger partial charge in [0.25, 0.3) is 0 Å². The van der Waals surface area contributed by atoms with Gasteiger partial charge in [0, 0.05) is 38.6 Å². The summed E-state index contributed by atoms with van der Waals surface area (Å²) in [5, 5.41) is 3.29. The number of nitrogens with zero attached hydrogens (tertiary/aromatic N) is 7. The molecule has 154 valence electrons. The summed E-state index contributed by atoms with van der Waals surface area (Å²) in [4.78, 5) is 36.5. The Hall–Kier alpha value is -3.10. The zero-order valence-electron chi connectivity index (χ0n) is 17.7. The number of anilines is 1. The number of hydrogen-bond donors (Lipinski definition) is 1. The Morgan fingerprint density at radius 1 is 1.14 bits per heavy atom. The first-order chi connectivity index (χ1) is 14.0. The topological polar surface area (TPSA) is 102 Å². The van der Waals surface area contributed by atoms with Crippen molar-refractivity contribution in [1.29, 1.82) is 0 Å². The zero-order chi connectivity index (χ0) is 21.0. The molecule has 3 aromatic heterocycles. The summed E-state index contributed by atoms with van der Waals surface area (Å²) < 4.78 is 2.01. The monoisotopic (exact) mass is 396 g/mol. The molecule has 0 fully saturated rings. The van der Waals surface area contributed by atoms with Crippen molar-refractivity contribution in [3.8, 4) is 11.4 Å². The second-order valence-electron chi connectivity index (χ2n) is 6.89. The molecule has 0 saturated carbocycles. The largest absolute Gasteiger partial charge is 0.367 e. The Kier molecular flexibility index (Phi) is 6.36. The van der Waals surface area contributed by atoms with Crippen LogP contribution in [-0.2, 0) is 11.3 Å². The lowest BCUT2D eigenvalue weighted by Gasteiger charge is -2.23. The van der Waals surface area contributed by atoms with E-state index in [0.29, 0.717) is 43.3 Å². The van der Waals surface area contributed by atoms with E-state index in [1.807, 2.05) is 44.1 Å². The van der Waals surface area contributed by atoms with Crippen LogP contribution in [-0.4, -0.2) is 59.9 Å². The molecule has 29 heavy (non-hydrogen) atoms. The van der Waals surface area contributed by atoms with Crippen molar-refractivity contribution in [1.82, 2.24) is 34.4 Å². The van der Waals surface area contributed by atoms with Crippen LogP contribution in [0.3, 0.4) is 0 Å². The van der Waals surface area contributed by atoms with Gasteiger partial charge in [0.15, 0.2) is 17.0 Å². The third kappa shape index (κ3) is 4.18. The van der Waals surface area contributed by atoms with Gasteiger partial charge in [0.2, 0.25) is 5.91 Å². The van der Waals surface area contributed by atoms with Gasteiger partial charge in [-0.05, 0) is 27.7 Å². The molecule has 0 radical (unpaired) electrons. The highest BCUT2D eigenvalue weighted by Crippen LogP contribution is 2.26. The third-order valence-corrected chi connectivity index (χ3v) is 4.96. The number of nitrogens with one attached hydrogen (secondary N) is 1. The molecule has 3 aromatic rings. The second-order valence-corrected chi connectivity index (χ2v) is 6.89. The summed E-state index contributed by atoms with van der Waals surface area (Å²) in [6.45, 7) is 12.4. The van der Waals surface area contributed by atoms with Crippen LogP contribution in [0.4, 0.5) is 5.82 Å². The second kappa shape index (κ2) is 8.93. The minimum Gasteiger partial charge on any atom is -0.367 e. The van der Waals surface area contributed by atoms with E-state index >= 15 is 0 Å². The van der Waals surface area contributed by atoms with E-state index in [4.69, 9.17) is 4.98 Å². The zero-order valence-corrected chi connectivity index (χ0v) is 17.7. The summed E-state index contributed by atoms with van der Waals surface area (Å²) >= 11 is 0. The van der Waals surface area contributed by atoms with Gasteiger partial charge in [-0.2, -0.15) is 0 Å². The Balaban J connectivity index is 1.90. The van der Waals surface area contributed by atoms with Crippen LogP contribution in [0.25, 0.3) is 22.6 Å². The predicted octanol–water partition coefficient (Wildman–Crippen LogP) is 2.53. The van der Waals surface area contributed by atoms with Crippen LogP contribution in [0.5, 0.6) is 0 Å². The highest BCUT2D eigenvalue weighted by Gasteiger charge is 2.20. The Labute approximate surface area is 170 Å². The summed E-state index contributed by atoms with van der Waals surface area (Å²) in [6.07, 6.45) is 5.05. The average Bonchev–Trinajstić information content (AvgIpc) is 3.12. The highest BCUT2D eigenvalue weighted by molar-refractivity contribution is 5.86. The number of aromatic nitrogens is 6. The first-order valence-corrected chi connectivity index (χ1v) is 10.0. The Morgan fingerprint density at radius 3 is 2.45 bits per heavy atom. The van der Waals surface area contributed by atoms with Gasteiger partial charge in [-0.15, -0.1) is 0 Å². The van der Waals surface area contributed by atoms with Crippen LogP contribution < -0.4 is 5.32 Å². The lowest BCUT2D eigenvalue weighted by atomic mass is 10.1. The van der Waals surface area contributed by atoms with Crippen molar-refractivity contribution in [2.45, 2.75) is 41.2 Å². The van der Waals surface area contributed by atoms with Crippen LogP contribution in [0, 0.1) is 12.8 Å². The number of amides is 1. The third-order valence-electron chi connectivity index (χ3n) is 4.96. The quantitative estimate of drug-likeness (QED) is 0.624. The van der Waals surface area contributed by atoms with Crippen molar-refractivity contribution in [3.05, 3.63) is 24.5 Å². The SMILES string of the molecule is CCN(CC)C(=O)[C@H](C)CNc1ncnc2c1nc(-c1cnc(C)nc1)n2CC. The molecule has 3 heterocycles. The van der Waals surface area contributed by atoms with Gasteiger partial charge >= 0.3 is 0 Å². The smallest absolute Gasteiger partial charge is 0.227 e.